The van der Waals surface area contributed by atoms with E-state index in [2.05, 4.69) is 6.58 Å². The number of carbonyl (C=O) groups is 2. The van der Waals surface area contributed by atoms with E-state index >= 15 is 0 Å². The van der Waals surface area contributed by atoms with Crippen molar-refractivity contribution in [2.45, 2.75) is 42.8 Å². The van der Waals surface area contributed by atoms with E-state index in [0.717, 1.165) is 18.4 Å². The van der Waals surface area contributed by atoms with Gasteiger partial charge in [-0.1, -0.05) is 43.3 Å². The molecule has 0 aliphatic carbocycles. The molecule has 2 aliphatic rings. The Kier molecular flexibility index (Phi) is 6.46. The molecule has 3 rings (SSSR count). The molecule has 29 heavy (non-hydrogen) atoms. The van der Waals surface area contributed by atoms with Crippen molar-refractivity contribution in [3.8, 4) is 0 Å². The standard InChI is InChI=1S/C22H30N2O4S/c1-3-20(25)23-15-12-22(13-16-23,18-9-5-4-6-10-18)21(26)24-14-8-7-11-19(17-24)29(2,27)28/h3-6,9-10,19H,1,7-8,11-17H2,2H3. The van der Waals surface area contributed by atoms with Crippen molar-refractivity contribution in [2.24, 2.45) is 0 Å². The molecule has 1 atom stereocenters. The molecule has 6 nitrogen and oxygen atoms in total. The van der Waals surface area contributed by atoms with Crippen LogP contribution in [0.5, 0.6) is 0 Å². The number of benzene rings is 1. The highest BCUT2D eigenvalue weighted by Crippen LogP contribution is 2.38. The van der Waals surface area contributed by atoms with Crippen LogP contribution < -0.4 is 0 Å². The Morgan fingerprint density at radius 3 is 2.31 bits per heavy atom. The second-order valence-corrected chi connectivity index (χ2v) is 10.5. The van der Waals surface area contributed by atoms with Crippen LogP contribution in [0.3, 0.4) is 0 Å². The molecule has 2 amide bonds. The number of amides is 2. The Morgan fingerprint density at radius 2 is 1.72 bits per heavy atom. The number of hydrogen-bond acceptors (Lipinski definition) is 4. The van der Waals surface area contributed by atoms with Crippen molar-refractivity contribution in [1.82, 2.24) is 9.80 Å². The van der Waals surface area contributed by atoms with Gasteiger partial charge < -0.3 is 9.80 Å². The number of piperidine rings is 1. The number of rotatable bonds is 4. The third kappa shape index (κ3) is 4.55. The van der Waals surface area contributed by atoms with Crippen molar-refractivity contribution in [2.75, 3.05) is 32.4 Å². The number of nitrogens with zero attached hydrogens (tertiary/aromatic N) is 2. The summed E-state index contributed by atoms with van der Waals surface area (Å²) in [4.78, 5) is 29.4. The van der Waals surface area contributed by atoms with Crippen molar-refractivity contribution in [3.05, 3.63) is 48.6 Å². The van der Waals surface area contributed by atoms with E-state index in [1.807, 2.05) is 30.3 Å². The van der Waals surface area contributed by atoms with Gasteiger partial charge >= 0.3 is 0 Å². The molecule has 2 saturated heterocycles. The maximum atomic E-state index is 13.9. The van der Waals surface area contributed by atoms with Gasteiger partial charge in [-0.25, -0.2) is 8.42 Å². The molecule has 1 aromatic rings. The zero-order valence-electron chi connectivity index (χ0n) is 17.0. The smallest absolute Gasteiger partial charge is 0.245 e. The fourth-order valence-electron chi connectivity index (χ4n) is 4.56. The maximum absolute atomic E-state index is 13.9. The number of carbonyl (C=O) groups excluding carboxylic acids is 2. The van der Waals surface area contributed by atoms with Gasteiger partial charge in [-0.05, 0) is 37.3 Å². The molecule has 2 fully saturated rings. The van der Waals surface area contributed by atoms with Crippen LogP contribution in [0.25, 0.3) is 0 Å². The predicted molar refractivity (Wildman–Crippen MR) is 113 cm³/mol. The second-order valence-electron chi connectivity index (χ2n) is 8.18. The Hall–Kier alpha value is -2.15. The highest BCUT2D eigenvalue weighted by molar-refractivity contribution is 7.91. The summed E-state index contributed by atoms with van der Waals surface area (Å²) in [5, 5.41) is -0.510. The minimum atomic E-state index is -3.21. The molecular weight excluding hydrogens is 388 g/mol. The van der Waals surface area contributed by atoms with E-state index in [1.165, 1.54) is 12.3 Å². The van der Waals surface area contributed by atoms with Gasteiger partial charge in [0.25, 0.3) is 0 Å². The lowest BCUT2D eigenvalue weighted by Crippen LogP contribution is -2.55. The predicted octanol–water partition coefficient (Wildman–Crippen LogP) is 2.16. The van der Waals surface area contributed by atoms with Crippen LogP contribution >= 0.6 is 0 Å². The van der Waals surface area contributed by atoms with Gasteiger partial charge in [-0.15, -0.1) is 0 Å². The van der Waals surface area contributed by atoms with Gasteiger partial charge in [-0.3, -0.25) is 9.59 Å². The lowest BCUT2D eigenvalue weighted by atomic mass is 9.71. The Balaban J connectivity index is 1.91. The van der Waals surface area contributed by atoms with Crippen LogP contribution in [0, 0.1) is 0 Å². The van der Waals surface area contributed by atoms with Gasteiger partial charge in [0.05, 0.1) is 10.7 Å². The fraction of sp³-hybridized carbons (Fsp3) is 0.545. The molecule has 1 unspecified atom stereocenters. The van der Waals surface area contributed by atoms with Crippen LogP contribution in [0.2, 0.25) is 0 Å². The summed E-state index contributed by atoms with van der Waals surface area (Å²) in [5.74, 6) is -0.129. The first-order valence-electron chi connectivity index (χ1n) is 10.2. The van der Waals surface area contributed by atoms with E-state index in [4.69, 9.17) is 0 Å². The average Bonchev–Trinajstić information content (AvgIpc) is 3.00. The summed E-state index contributed by atoms with van der Waals surface area (Å²) >= 11 is 0. The van der Waals surface area contributed by atoms with Crippen LogP contribution in [-0.4, -0.2) is 67.7 Å². The van der Waals surface area contributed by atoms with E-state index in [9.17, 15) is 18.0 Å². The van der Waals surface area contributed by atoms with Crippen molar-refractivity contribution in [3.63, 3.8) is 0 Å². The summed E-state index contributed by atoms with van der Waals surface area (Å²) in [6.07, 6.45) is 5.83. The topological polar surface area (TPSA) is 74.8 Å². The first kappa shape index (κ1) is 21.6. The zero-order valence-corrected chi connectivity index (χ0v) is 17.9. The Labute approximate surface area is 173 Å². The molecule has 0 aromatic heterocycles. The minimum absolute atomic E-state index is 0.00930. The summed E-state index contributed by atoms with van der Waals surface area (Å²) in [6.45, 7) is 5.35. The summed E-state index contributed by atoms with van der Waals surface area (Å²) in [6, 6.07) is 9.70. The molecule has 0 bridgehead atoms. The third-order valence-corrected chi connectivity index (χ3v) is 7.96. The normalized spacial score (nSPS) is 22.6. The lowest BCUT2D eigenvalue weighted by Gasteiger charge is -2.43. The highest BCUT2D eigenvalue weighted by Gasteiger charge is 2.46. The largest absolute Gasteiger partial charge is 0.341 e. The van der Waals surface area contributed by atoms with Crippen LogP contribution in [0.15, 0.2) is 43.0 Å². The third-order valence-electron chi connectivity index (χ3n) is 6.36. The number of hydrogen-bond donors (Lipinski definition) is 0. The van der Waals surface area contributed by atoms with Gasteiger partial charge in [0.15, 0.2) is 9.84 Å². The molecule has 0 radical (unpaired) electrons. The van der Waals surface area contributed by atoms with E-state index < -0.39 is 20.5 Å². The zero-order chi connectivity index (χ0) is 21.1. The summed E-state index contributed by atoms with van der Waals surface area (Å²) in [5.41, 5.74) is 0.210. The summed E-state index contributed by atoms with van der Waals surface area (Å²) in [7, 11) is -3.21. The Bertz CT molecular complexity index is 858. The van der Waals surface area contributed by atoms with Gasteiger partial charge in [0, 0.05) is 32.4 Å². The minimum Gasteiger partial charge on any atom is -0.341 e. The molecular formula is C22H30N2O4S. The SMILES string of the molecule is C=CC(=O)N1CCC(C(=O)N2CCCCC(S(C)(=O)=O)C2)(c2ccccc2)CC1. The van der Waals surface area contributed by atoms with Crippen molar-refractivity contribution in [1.29, 1.82) is 0 Å². The molecule has 2 heterocycles. The van der Waals surface area contributed by atoms with Crippen LogP contribution in [0.4, 0.5) is 0 Å². The highest BCUT2D eigenvalue weighted by atomic mass is 32.2. The fourth-order valence-corrected chi connectivity index (χ4v) is 5.61. The van der Waals surface area contributed by atoms with Crippen molar-refractivity contribution < 1.29 is 18.0 Å². The monoisotopic (exact) mass is 418 g/mol. The van der Waals surface area contributed by atoms with Gasteiger partial charge in [0.1, 0.15) is 0 Å². The molecule has 0 spiro atoms. The average molecular weight is 419 g/mol. The lowest BCUT2D eigenvalue weighted by molar-refractivity contribution is -0.141. The van der Waals surface area contributed by atoms with E-state index in [0.29, 0.717) is 38.9 Å². The van der Waals surface area contributed by atoms with E-state index in [-0.39, 0.29) is 18.4 Å². The molecule has 2 aliphatic heterocycles. The number of likely N-dealkylation sites (tertiary alicyclic amines) is 2. The molecule has 0 N–H and O–H groups in total. The van der Waals surface area contributed by atoms with Crippen LogP contribution in [-0.2, 0) is 24.8 Å². The molecule has 7 heteroatoms. The van der Waals surface area contributed by atoms with Crippen LogP contribution in [0.1, 0.15) is 37.7 Å². The van der Waals surface area contributed by atoms with Gasteiger partial charge in [0.2, 0.25) is 11.8 Å². The molecule has 0 saturated carbocycles. The maximum Gasteiger partial charge on any atom is 0.245 e. The second kappa shape index (κ2) is 8.69. The quantitative estimate of drug-likeness (QED) is 0.703. The Morgan fingerprint density at radius 1 is 1.07 bits per heavy atom. The van der Waals surface area contributed by atoms with Crippen molar-refractivity contribution >= 4 is 21.7 Å². The van der Waals surface area contributed by atoms with E-state index in [1.54, 1.807) is 9.80 Å². The first-order chi connectivity index (χ1) is 13.8. The summed E-state index contributed by atoms with van der Waals surface area (Å²) < 4.78 is 24.4. The molecule has 1 aromatic carbocycles. The molecule has 158 valence electrons. The van der Waals surface area contributed by atoms with Gasteiger partial charge in [-0.2, -0.15) is 0 Å². The number of sulfone groups is 1. The first-order valence-corrected chi connectivity index (χ1v) is 12.2.